The topological polar surface area (TPSA) is 73.0 Å². The highest BCUT2D eigenvalue weighted by Crippen LogP contribution is 2.29. The van der Waals surface area contributed by atoms with E-state index in [9.17, 15) is 8.42 Å². The van der Waals surface area contributed by atoms with E-state index in [0.29, 0.717) is 15.9 Å². The summed E-state index contributed by atoms with van der Waals surface area (Å²) in [6, 6.07) is 12.9. The molecule has 0 fully saturated rings. The van der Waals surface area contributed by atoms with Gasteiger partial charge in [0, 0.05) is 14.9 Å². The Morgan fingerprint density at radius 3 is 2.41 bits per heavy atom. The predicted octanol–water partition coefficient (Wildman–Crippen LogP) is 4.07. The number of nitrogen functional groups attached to an aromatic ring is 1. The first kappa shape index (κ1) is 15.3. The number of sulfone groups is 1. The molecule has 0 radical (unpaired) electrons. The molecule has 1 aromatic heterocycles. The monoisotopic (exact) mass is 396 g/mol. The van der Waals surface area contributed by atoms with E-state index < -0.39 is 9.84 Å². The van der Waals surface area contributed by atoms with Crippen LogP contribution in [0.15, 0.2) is 62.8 Å². The lowest BCUT2D eigenvalue weighted by Gasteiger charge is -2.09. The zero-order valence-corrected chi connectivity index (χ0v) is 14.3. The largest absolute Gasteiger partial charge is 0.383 e. The summed E-state index contributed by atoms with van der Waals surface area (Å²) in [5, 5.41) is 1.13. The number of hydrogen-bond donors (Lipinski definition) is 1. The summed E-state index contributed by atoms with van der Waals surface area (Å²) in [6.07, 6.45) is 0. The van der Waals surface area contributed by atoms with E-state index in [0.717, 1.165) is 4.47 Å². The van der Waals surface area contributed by atoms with Crippen molar-refractivity contribution < 1.29 is 8.42 Å². The Balaban J connectivity index is 2.24. The fraction of sp³-hybridized carbons (Fsp3) is 0. The second-order valence-electron chi connectivity index (χ2n) is 4.67. The second kappa shape index (κ2) is 5.53. The normalized spacial score (nSPS) is 11.7. The van der Waals surface area contributed by atoms with Gasteiger partial charge < -0.3 is 5.73 Å². The first-order valence-corrected chi connectivity index (χ1v) is 8.90. The maximum atomic E-state index is 12.7. The van der Waals surface area contributed by atoms with Crippen LogP contribution in [-0.2, 0) is 9.84 Å². The third-order valence-corrected chi connectivity index (χ3v) is 5.75. The van der Waals surface area contributed by atoms with Crippen molar-refractivity contribution in [2.75, 3.05) is 5.73 Å². The second-order valence-corrected chi connectivity index (χ2v) is 7.94. The Kier molecular flexibility index (Phi) is 3.84. The minimum atomic E-state index is -3.74. The molecule has 0 saturated heterocycles. The third-order valence-electron chi connectivity index (χ3n) is 3.18. The standard InChI is InChI=1S/C15H10BrClN2O2S/c16-10-1-4-12(5-2-10)22(20,21)14-8-9-7-11(17)3-6-13(9)19-15(14)18/h1-8H,(H2,18,19). The zero-order valence-electron chi connectivity index (χ0n) is 11.1. The number of nitrogens with zero attached hydrogens (tertiary/aromatic N) is 1. The quantitative estimate of drug-likeness (QED) is 0.707. The van der Waals surface area contributed by atoms with Crippen LogP contribution in [0.4, 0.5) is 5.82 Å². The van der Waals surface area contributed by atoms with Gasteiger partial charge in [-0.05, 0) is 48.5 Å². The Morgan fingerprint density at radius 2 is 1.73 bits per heavy atom. The van der Waals surface area contributed by atoms with Crippen molar-refractivity contribution in [1.82, 2.24) is 4.98 Å². The van der Waals surface area contributed by atoms with Crippen LogP contribution < -0.4 is 5.73 Å². The van der Waals surface area contributed by atoms with Crippen molar-refractivity contribution in [3.05, 3.63) is 58.0 Å². The zero-order chi connectivity index (χ0) is 15.9. The first-order chi connectivity index (χ1) is 10.4. The van der Waals surface area contributed by atoms with Crippen molar-refractivity contribution in [2.24, 2.45) is 0 Å². The molecular weight excluding hydrogens is 388 g/mol. The molecule has 4 nitrogen and oxygen atoms in total. The molecule has 7 heteroatoms. The third kappa shape index (κ3) is 2.69. The SMILES string of the molecule is Nc1nc2ccc(Cl)cc2cc1S(=O)(=O)c1ccc(Br)cc1. The highest BCUT2D eigenvalue weighted by molar-refractivity contribution is 9.10. The lowest BCUT2D eigenvalue weighted by atomic mass is 10.2. The van der Waals surface area contributed by atoms with Gasteiger partial charge in [0.1, 0.15) is 10.7 Å². The van der Waals surface area contributed by atoms with Gasteiger partial charge in [0.2, 0.25) is 9.84 Å². The first-order valence-electron chi connectivity index (χ1n) is 6.24. The Labute approximate surface area is 141 Å². The lowest BCUT2D eigenvalue weighted by Crippen LogP contribution is -2.07. The van der Waals surface area contributed by atoms with Crippen LogP contribution in [0, 0.1) is 0 Å². The van der Waals surface area contributed by atoms with Gasteiger partial charge in [-0.15, -0.1) is 0 Å². The van der Waals surface area contributed by atoms with E-state index >= 15 is 0 Å². The molecule has 22 heavy (non-hydrogen) atoms. The van der Waals surface area contributed by atoms with Gasteiger partial charge in [-0.25, -0.2) is 13.4 Å². The Hall–Kier alpha value is -1.63. The summed E-state index contributed by atoms with van der Waals surface area (Å²) in [7, 11) is -3.74. The molecule has 0 spiro atoms. The van der Waals surface area contributed by atoms with Gasteiger partial charge in [-0.3, -0.25) is 0 Å². The number of rotatable bonds is 2. The van der Waals surface area contributed by atoms with Gasteiger partial charge in [0.15, 0.2) is 0 Å². The predicted molar refractivity (Wildman–Crippen MR) is 90.8 cm³/mol. The van der Waals surface area contributed by atoms with E-state index in [4.69, 9.17) is 17.3 Å². The van der Waals surface area contributed by atoms with Crippen LogP contribution in [0.3, 0.4) is 0 Å². The Morgan fingerprint density at radius 1 is 1.05 bits per heavy atom. The smallest absolute Gasteiger partial charge is 0.210 e. The minimum Gasteiger partial charge on any atom is -0.383 e. The average Bonchev–Trinajstić information content (AvgIpc) is 2.47. The summed E-state index contributed by atoms with van der Waals surface area (Å²) < 4.78 is 26.2. The molecule has 0 saturated carbocycles. The molecule has 0 aliphatic heterocycles. The molecule has 112 valence electrons. The van der Waals surface area contributed by atoms with Gasteiger partial charge in [0.05, 0.1) is 10.4 Å². The number of anilines is 1. The molecule has 0 bridgehead atoms. The highest BCUT2D eigenvalue weighted by Gasteiger charge is 2.22. The average molecular weight is 398 g/mol. The summed E-state index contributed by atoms with van der Waals surface area (Å²) in [5.74, 6) is -0.0299. The molecule has 0 atom stereocenters. The molecule has 2 N–H and O–H groups in total. The lowest BCUT2D eigenvalue weighted by molar-refractivity contribution is 0.596. The van der Waals surface area contributed by atoms with Crippen LogP contribution >= 0.6 is 27.5 Å². The van der Waals surface area contributed by atoms with Crippen molar-refractivity contribution in [2.45, 2.75) is 9.79 Å². The van der Waals surface area contributed by atoms with Crippen LogP contribution in [0.1, 0.15) is 0 Å². The van der Waals surface area contributed by atoms with E-state index in [1.807, 2.05) is 0 Å². The van der Waals surface area contributed by atoms with Gasteiger partial charge in [0.25, 0.3) is 0 Å². The number of nitrogens with two attached hydrogens (primary N) is 1. The van der Waals surface area contributed by atoms with Crippen LogP contribution in [0.25, 0.3) is 10.9 Å². The fourth-order valence-electron chi connectivity index (χ4n) is 2.10. The van der Waals surface area contributed by atoms with E-state index in [1.165, 1.54) is 18.2 Å². The molecule has 3 rings (SSSR count). The van der Waals surface area contributed by atoms with Crippen molar-refractivity contribution in [3.8, 4) is 0 Å². The van der Waals surface area contributed by atoms with E-state index in [1.54, 1.807) is 30.3 Å². The summed E-state index contributed by atoms with van der Waals surface area (Å²) in [6.45, 7) is 0. The van der Waals surface area contributed by atoms with Crippen molar-refractivity contribution >= 4 is 54.1 Å². The summed E-state index contributed by atoms with van der Waals surface area (Å²) in [4.78, 5) is 4.29. The molecule has 0 amide bonds. The maximum absolute atomic E-state index is 12.7. The number of aromatic nitrogens is 1. The summed E-state index contributed by atoms with van der Waals surface area (Å²) >= 11 is 9.22. The number of benzene rings is 2. The van der Waals surface area contributed by atoms with Crippen molar-refractivity contribution in [1.29, 1.82) is 0 Å². The van der Waals surface area contributed by atoms with E-state index in [2.05, 4.69) is 20.9 Å². The number of halogens is 2. The molecule has 0 aliphatic rings. The van der Waals surface area contributed by atoms with Crippen LogP contribution in [-0.4, -0.2) is 13.4 Å². The molecule has 0 aliphatic carbocycles. The summed E-state index contributed by atoms with van der Waals surface area (Å²) in [5.41, 5.74) is 6.44. The molecule has 0 unspecified atom stereocenters. The fourth-order valence-corrected chi connectivity index (χ4v) is 3.90. The van der Waals surface area contributed by atoms with Gasteiger partial charge in [-0.2, -0.15) is 0 Å². The minimum absolute atomic E-state index is 0.0235. The highest BCUT2D eigenvalue weighted by atomic mass is 79.9. The molecule has 1 heterocycles. The number of fused-ring (bicyclic) bond motifs is 1. The number of hydrogen-bond acceptors (Lipinski definition) is 4. The number of pyridine rings is 1. The van der Waals surface area contributed by atoms with Gasteiger partial charge in [-0.1, -0.05) is 27.5 Å². The maximum Gasteiger partial charge on any atom is 0.210 e. The molecule has 3 aromatic rings. The van der Waals surface area contributed by atoms with Crippen LogP contribution in [0.2, 0.25) is 5.02 Å². The van der Waals surface area contributed by atoms with Gasteiger partial charge >= 0.3 is 0 Å². The molecular formula is C15H10BrClN2O2S. The van der Waals surface area contributed by atoms with Crippen LogP contribution in [0.5, 0.6) is 0 Å². The van der Waals surface area contributed by atoms with Crippen molar-refractivity contribution in [3.63, 3.8) is 0 Å². The van der Waals surface area contributed by atoms with E-state index in [-0.39, 0.29) is 15.6 Å². The Bertz CT molecular complexity index is 973. The molecule has 2 aromatic carbocycles.